The molecule has 0 aromatic carbocycles. The van der Waals surface area contributed by atoms with E-state index in [9.17, 15) is 0 Å². The minimum atomic E-state index is 1.02. The van der Waals surface area contributed by atoms with Crippen molar-refractivity contribution in [3.63, 3.8) is 0 Å². The molecule has 1 aliphatic rings. The lowest BCUT2D eigenvalue weighted by molar-refractivity contribution is 0.438. The summed E-state index contributed by atoms with van der Waals surface area (Å²) in [5.41, 5.74) is 0. The van der Waals surface area contributed by atoms with Gasteiger partial charge >= 0.3 is 0 Å². The summed E-state index contributed by atoms with van der Waals surface area (Å²) in [6, 6.07) is 0. The van der Waals surface area contributed by atoms with Crippen molar-refractivity contribution >= 4 is 5.84 Å². The summed E-state index contributed by atoms with van der Waals surface area (Å²) in [7, 11) is 0. The molecule has 0 saturated carbocycles. The molecule has 0 spiro atoms. The number of aliphatic imine (C=N–C) groups is 1. The summed E-state index contributed by atoms with van der Waals surface area (Å²) in [6.45, 7) is 8.61. The molecule has 0 radical (unpaired) electrons. The molecule has 1 heterocycles. The van der Waals surface area contributed by atoms with E-state index in [0.29, 0.717) is 0 Å². The van der Waals surface area contributed by atoms with Crippen molar-refractivity contribution in [2.45, 2.75) is 26.7 Å². The van der Waals surface area contributed by atoms with Gasteiger partial charge < -0.3 is 10.2 Å². The second-order valence-corrected chi connectivity index (χ2v) is 3.47. The molecule has 14 heavy (non-hydrogen) atoms. The van der Waals surface area contributed by atoms with Crippen molar-refractivity contribution in [1.29, 1.82) is 0 Å². The van der Waals surface area contributed by atoms with Crippen LogP contribution in [-0.2, 0) is 0 Å². The third-order valence-electron chi connectivity index (χ3n) is 2.39. The zero-order chi connectivity index (χ0) is 10.2. The number of hydrogen-bond acceptors (Lipinski definition) is 2. The second-order valence-electron chi connectivity index (χ2n) is 3.47. The van der Waals surface area contributed by atoms with Crippen molar-refractivity contribution in [3.8, 4) is 0 Å². The molecule has 0 aromatic heterocycles. The molecule has 3 heteroatoms. The van der Waals surface area contributed by atoms with E-state index >= 15 is 0 Å². The Morgan fingerprint density at radius 2 is 2.29 bits per heavy atom. The van der Waals surface area contributed by atoms with Gasteiger partial charge in [0.25, 0.3) is 0 Å². The van der Waals surface area contributed by atoms with Gasteiger partial charge in [0.05, 0.1) is 0 Å². The fraction of sp³-hybridized carbons (Fsp3) is 0.727. The highest BCUT2D eigenvalue weighted by Crippen LogP contribution is 2.01. The average Bonchev–Trinajstić information content (AvgIpc) is 2.48. The zero-order valence-corrected chi connectivity index (χ0v) is 9.29. The molecule has 0 aliphatic carbocycles. The van der Waals surface area contributed by atoms with Crippen LogP contribution in [0.2, 0.25) is 0 Å². The molecule has 0 aromatic rings. The topological polar surface area (TPSA) is 27.6 Å². The SMILES string of the molecule is C/C=C\N=C(CC)N1CCCNCC1. The Labute approximate surface area is 86.9 Å². The van der Waals surface area contributed by atoms with Crippen LogP contribution in [0, 0.1) is 0 Å². The van der Waals surface area contributed by atoms with Gasteiger partial charge in [-0.05, 0) is 19.9 Å². The lowest BCUT2D eigenvalue weighted by Gasteiger charge is -2.22. The fourth-order valence-electron chi connectivity index (χ4n) is 1.66. The number of nitrogens with zero attached hydrogens (tertiary/aromatic N) is 2. The quantitative estimate of drug-likeness (QED) is 0.535. The van der Waals surface area contributed by atoms with Gasteiger partial charge in [0.15, 0.2) is 0 Å². The normalized spacial score (nSPS) is 20.1. The summed E-state index contributed by atoms with van der Waals surface area (Å²) in [5.74, 6) is 1.21. The summed E-state index contributed by atoms with van der Waals surface area (Å²) in [5, 5.41) is 3.40. The molecule has 1 rings (SSSR count). The van der Waals surface area contributed by atoms with Crippen molar-refractivity contribution in [2.24, 2.45) is 4.99 Å². The van der Waals surface area contributed by atoms with Crippen LogP contribution in [0.15, 0.2) is 17.3 Å². The maximum absolute atomic E-state index is 4.46. The maximum Gasteiger partial charge on any atom is 0.104 e. The summed E-state index contributed by atoms with van der Waals surface area (Å²) < 4.78 is 0. The molecule has 80 valence electrons. The lowest BCUT2D eigenvalue weighted by atomic mass is 10.3. The highest BCUT2D eigenvalue weighted by atomic mass is 15.2. The van der Waals surface area contributed by atoms with Gasteiger partial charge in [0, 0.05) is 32.3 Å². The minimum absolute atomic E-state index is 1.02. The number of allylic oxidation sites excluding steroid dienone is 1. The van der Waals surface area contributed by atoms with E-state index in [1.807, 2.05) is 19.2 Å². The van der Waals surface area contributed by atoms with E-state index in [4.69, 9.17) is 0 Å². The second kappa shape index (κ2) is 6.60. The first-order chi connectivity index (χ1) is 6.88. The highest BCUT2D eigenvalue weighted by molar-refractivity contribution is 5.82. The van der Waals surface area contributed by atoms with Crippen LogP contribution in [0.3, 0.4) is 0 Å². The molecule has 0 amide bonds. The van der Waals surface area contributed by atoms with Crippen molar-refractivity contribution in [3.05, 3.63) is 12.3 Å². The first kappa shape index (κ1) is 11.2. The number of nitrogens with one attached hydrogen (secondary N) is 1. The van der Waals surface area contributed by atoms with Gasteiger partial charge in [-0.2, -0.15) is 0 Å². The molecule has 0 unspecified atom stereocenters. The molecule has 1 fully saturated rings. The molecule has 0 bridgehead atoms. The summed E-state index contributed by atoms with van der Waals surface area (Å²) in [6.07, 6.45) is 6.10. The Morgan fingerprint density at radius 1 is 1.43 bits per heavy atom. The monoisotopic (exact) mass is 195 g/mol. The average molecular weight is 195 g/mol. The Bertz CT molecular complexity index is 201. The minimum Gasteiger partial charge on any atom is -0.359 e. The molecule has 1 saturated heterocycles. The van der Waals surface area contributed by atoms with Crippen LogP contribution in [0.1, 0.15) is 26.7 Å². The van der Waals surface area contributed by atoms with Gasteiger partial charge in [0.1, 0.15) is 5.84 Å². The van der Waals surface area contributed by atoms with Crippen LogP contribution < -0.4 is 5.32 Å². The molecular weight excluding hydrogens is 174 g/mol. The van der Waals surface area contributed by atoms with E-state index in [2.05, 4.69) is 22.1 Å². The predicted octanol–water partition coefficient (Wildman–Crippen LogP) is 1.62. The van der Waals surface area contributed by atoms with Gasteiger partial charge in [-0.15, -0.1) is 0 Å². The predicted molar refractivity (Wildman–Crippen MR) is 61.6 cm³/mol. The largest absolute Gasteiger partial charge is 0.359 e. The maximum atomic E-state index is 4.46. The van der Waals surface area contributed by atoms with E-state index in [1.54, 1.807) is 0 Å². The molecule has 1 aliphatic heterocycles. The van der Waals surface area contributed by atoms with Gasteiger partial charge in [-0.3, -0.25) is 0 Å². The van der Waals surface area contributed by atoms with Crippen LogP contribution in [0.4, 0.5) is 0 Å². The van der Waals surface area contributed by atoms with Crippen molar-refractivity contribution in [1.82, 2.24) is 10.2 Å². The standard InChI is InChI=1S/C11H21N3/c1-3-6-13-11(4-2)14-9-5-7-12-8-10-14/h3,6,12H,4-5,7-10H2,1-2H3/b6-3-,13-11?. The van der Waals surface area contributed by atoms with Crippen LogP contribution in [0.25, 0.3) is 0 Å². The van der Waals surface area contributed by atoms with Gasteiger partial charge in [-0.1, -0.05) is 13.0 Å². The Balaban J connectivity index is 2.57. The first-order valence-corrected chi connectivity index (χ1v) is 5.52. The number of hydrogen-bond donors (Lipinski definition) is 1. The Hall–Kier alpha value is -0.830. The van der Waals surface area contributed by atoms with Gasteiger partial charge in [0.2, 0.25) is 0 Å². The molecule has 0 atom stereocenters. The molecule has 1 N–H and O–H groups in total. The Kier molecular flexibility index (Phi) is 5.30. The molecule has 3 nitrogen and oxygen atoms in total. The fourth-order valence-corrected chi connectivity index (χ4v) is 1.66. The van der Waals surface area contributed by atoms with Crippen molar-refractivity contribution < 1.29 is 0 Å². The van der Waals surface area contributed by atoms with Crippen molar-refractivity contribution in [2.75, 3.05) is 26.2 Å². The van der Waals surface area contributed by atoms with Crippen LogP contribution in [-0.4, -0.2) is 36.9 Å². The van der Waals surface area contributed by atoms with E-state index < -0.39 is 0 Å². The first-order valence-electron chi connectivity index (χ1n) is 5.52. The molecular formula is C11H21N3. The van der Waals surface area contributed by atoms with Crippen LogP contribution in [0.5, 0.6) is 0 Å². The van der Waals surface area contributed by atoms with E-state index in [0.717, 1.165) is 32.6 Å². The Morgan fingerprint density at radius 3 is 3.00 bits per heavy atom. The third kappa shape index (κ3) is 3.50. The van der Waals surface area contributed by atoms with E-state index in [1.165, 1.54) is 12.3 Å². The smallest absolute Gasteiger partial charge is 0.104 e. The van der Waals surface area contributed by atoms with Gasteiger partial charge in [-0.25, -0.2) is 4.99 Å². The highest BCUT2D eigenvalue weighted by Gasteiger charge is 2.10. The lowest BCUT2D eigenvalue weighted by Crippen LogP contribution is -2.33. The summed E-state index contributed by atoms with van der Waals surface area (Å²) >= 11 is 0. The van der Waals surface area contributed by atoms with Crippen LogP contribution >= 0.6 is 0 Å². The zero-order valence-electron chi connectivity index (χ0n) is 9.29. The van der Waals surface area contributed by atoms with E-state index in [-0.39, 0.29) is 0 Å². The third-order valence-corrected chi connectivity index (χ3v) is 2.39. The number of rotatable bonds is 2. The number of amidine groups is 1. The summed E-state index contributed by atoms with van der Waals surface area (Å²) in [4.78, 5) is 6.85.